The average Bonchev–Trinajstić information content (AvgIpc) is 2.99. The highest BCUT2D eigenvalue weighted by atomic mass is 32.2. The van der Waals surface area contributed by atoms with E-state index in [1.807, 2.05) is 6.07 Å². The van der Waals surface area contributed by atoms with E-state index < -0.39 is 0 Å². The van der Waals surface area contributed by atoms with E-state index in [0.717, 1.165) is 25.7 Å². The van der Waals surface area contributed by atoms with Crippen LogP contribution in [0.4, 0.5) is 5.82 Å². The molecule has 0 aromatic carbocycles. The Morgan fingerprint density at radius 3 is 2.86 bits per heavy atom. The first-order chi connectivity index (χ1) is 14.1. The van der Waals surface area contributed by atoms with Crippen LogP contribution in [0.5, 0.6) is 0 Å². The van der Waals surface area contributed by atoms with Gasteiger partial charge in [0.25, 0.3) is 11.5 Å². The molecule has 0 saturated carbocycles. The largest absolute Gasteiger partial charge is 0.366 e. The number of anilines is 1. The van der Waals surface area contributed by atoms with E-state index in [1.165, 1.54) is 16.2 Å². The molecule has 0 atom stereocenters. The van der Waals surface area contributed by atoms with Crippen molar-refractivity contribution in [1.29, 1.82) is 0 Å². The maximum absolute atomic E-state index is 13.1. The Kier molecular flexibility index (Phi) is 7.22. The third-order valence-corrected chi connectivity index (χ3v) is 5.94. The summed E-state index contributed by atoms with van der Waals surface area (Å²) >= 11 is 6.63. The smallest absolute Gasteiger partial charge is 0.267 e. The Balaban J connectivity index is 1.95. The fraction of sp³-hybridized carbons (Fsp3) is 0.333. The normalized spacial score (nSPS) is 15.5. The van der Waals surface area contributed by atoms with Crippen LogP contribution in [0.1, 0.15) is 38.2 Å². The van der Waals surface area contributed by atoms with Crippen molar-refractivity contribution in [1.82, 2.24) is 14.3 Å². The lowest BCUT2D eigenvalue weighted by molar-refractivity contribution is -0.122. The molecule has 29 heavy (non-hydrogen) atoms. The fourth-order valence-electron chi connectivity index (χ4n) is 3.06. The van der Waals surface area contributed by atoms with E-state index in [0.29, 0.717) is 39.3 Å². The molecule has 8 heteroatoms. The first-order valence-corrected chi connectivity index (χ1v) is 10.9. The number of fused-ring (bicyclic) bond motifs is 1. The van der Waals surface area contributed by atoms with E-state index in [1.54, 1.807) is 35.4 Å². The lowest BCUT2D eigenvalue weighted by atomic mass is 10.2. The number of hydrogen-bond acceptors (Lipinski definition) is 6. The quantitative estimate of drug-likeness (QED) is 0.281. The number of rotatable bonds is 9. The van der Waals surface area contributed by atoms with Crippen molar-refractivity contribution in [2.75, 3.05) is 18.4 Å². The van der Waals surface area contributed by atoms with Crippen molar-refractivity contribution in [3.63, 3.8) is 0 Å². The molecule has 152 valence electrons. The monoisotopic (exact) mass is 428 g/mol. The molecule has 3 heterocycles. The molecule has 0 bridgehead atoms. The molecule has 1 N–H and O–H groups in total. The molecular formula is C21H24N4O2S2. The van der Waals surface area contributed by atoms with Crippen molar-refractivity contribution in [2.45, 2.75) is 32.6 Å². The van der Waals surface area contributed by atoms with Gasteiger partial charge in [-0.2, -0.15) is 0 Å². The molecule has 1 amide bonds. The molecule has 0 unspecified atom stereocenters. The Bertz CT molecular complexity index is 1030. The van der Waals surface area contributed by atoms with Crippen LogP contribution in [0.2, 0.25) is 0 Å². The average molecular weight is 429 g/mol. The van der Waals surface area contributed by atoms with Gasteiger partial charge in [0.2, 0.25) is 0 Å². The molecule has 1 aliphatic heterocycles. The summed E-state index contributed by atoms with van der Waals surface area (Å²) in [5, 5.41) is 3.10. The summed E-state index contributed by atoms with van der Waals surface area (Å²) in [6.07, 6.45) is 9.22. The van der Waals surface area contributed by atoms with Crippen LogP contribution in [0.3, 0.4) is 0 Å². The zero-order chi connectivity index (χ0) is 20.8. The summed E-state index contributed by atoms with van der Waals surface area (Å²) < 4.78 is 2.00. The second kappa shape index (κ2) is 9.84. The number of unbranched alkanes of at least 4 members (excludes halogenated alkanes) is 3. The summed E-state index contributed by atoms with van der Waals surface area (Å²) in [7, 11) is 0. The summed E-state index contributed by atoms with van der Waals surface area (Å²) in [6.45, 7) is 6.91. The number of pyridine rings is 1. The van der Waals surface area contributed by atoms with Gasteiger partial charge in [0.05, 0.1) is 10.5 Å². The van der Waals surface area contributed by atoms with Crippen LogP contribution in [0.15, 0.2) is 46.8 Å². The highest BCUT2D eigenvalue weighted by Crippen LogP contribution is 2.33. The number of thioether (sulfide) groups is 1. The minimum absolute atomic E-state index is 0.149. The van der Waals surface area contributed by atoms with Gasteiger partial charge in [0.1, 0.15) is 15.8 Å². The molecule has 0 aliphatic carbocycles. The predicted molar refractivity (Wildman–Crippen MR) is 124 cm³/mol. The van der Waals surface area contributed by atoms with Crippen LogP contribution in [-0.4, -0.2) is 37.6 Å². The van der Waals surface area contributed by atoms with Crippen molar-refractivity contribution in [2.24, 2.45) is 0 Å². The van der Waals surface area contributed by atoms with Gasteiger partial charge in [-0.05, 0) is 24.6 Å². The molecule has 3 rings (SSSR count). The van der Waals surface area contributed by atoms with E-state index in [9.17, 15) is 9.59 Å². The van der Waals surface area contributed by atoms with Crippen molar-refractivity contribution in [3.8, 4) is 0 Å². The number of carbonyl (C=O) groups excluding carboxylic acids is 1. The SMILES string of the molecule is C=CCNc1nc2ccccn2c(=O)c1/C=C1/SC(=S)N(CCCCCC)C1=O. The minimum atomic E-state index is -0.240. The van der Waals surface area contributed by atoms with E-state index in [-0.39, 0.29) is 11.5 Å². The highest BCUT2D eigenvalue weighted by Gasteiger charge is 2.32. The minimum Gasteiger partial charge on any atom is -0.366 e. The zero-order valence-electron chi connectivity index (χ0n) is 16.4. The maximum atomic E-state index is 13.1. The first-order valence-electron chi connectivity index (χ1n) is 9.68. The summed E-state index contributed by atoms with van der Waals surface area (Å²) in [6, 6.07) is 5.36. The van der Waals surface area contributed by atoms with Gasteiger partial charge in [-0.3, -0.25) is 18.9 Å². The summed E-state index contributed by atoms with van der Waals surface area (Å²) in [4.78, 5) is 32.5. The third-order valence-electron chi connectivity index (χ3n) is 4.57. The van der Waals surface area contributed by atoms with Gasteiger partial charge >= 0.3 is 0 Å². The third kappa shape index (κ3) is 4.76. The number of thiocarbonyl (C=S) groups is 1. The van der Waals surface area contributed by atoms with Crippen LogP contribution in [0.25, 0.3) is 11.7 Å². The molecule has 2 aromatic heterocycles. The van der Waals surface area contributed by atoms with Crippen LogP contribution < -0.4 is 10.9 Å². The van der Waals surface area contributed by atoms with Gasteiger partial charge in [0.15, 0.2) is 0 Å². The Labute approximate surface area is 179 Å². The van der Waals surface area contributed by atoms with Crippen LogP contribution in [0, 0.1) is 0 Å². The lowest BCUT2D eigenvalue weighted by Gasteiger charge is -2.13. The first kappa shape index (κ1) is 21.3. The molecular weight excluding hydrogens is 404 g/mol. The zero-order valence-corrected chi connectivity index (χ0v) is 18.0. The standard InChI is InChI=1S/C21H24N4O2S2/c1-3-5-6-8-13-25-20(27)16(29-21(25)28)14-15-18(22-11-4-2)23-17-10-7-9-12-24(17)19(15)26/h4,7,9-10,12,14,22H,2-3,5-6,8,11,13H2,1H3/b16-14+. The van der Waals surface area contributed by atoms with Gasteiger partial charge in [-0.1, -0.05) is 62.3 Å². The van der Waals surface area contributed by atoms with Crippen molar-refractivity contribution >= 4 is 51.7 Å². The van der Waals surface area contributed by atoms with Gasteiger partial charge < -0.3 is 5.32 Å². The number of nitrogens with zero attached hydrogens (tertiary/aromatic N) is 3. The van der Waals surface area contributed by atoms with Gasteiger partial charge in [0, 0.05) is 19.3 Å². The van der Waals surface area contributed by atoms with Crippen LogP contribution >= 0.6 is 24.0 Å². The Morgan fingerprint density at radius 2 is 2.10 bits per heavy atom. The Morgan fingerprint density at radius 1 is 1.28 bits per heavy atom. The van der Waals surface area contributed by atoms with Crippen LogP contribution in [-0.2, 0) is 4.79 Å². The maximum Gasteiger partial charge on any atom is 0.267 e. The second-order valence-electron chi connectivity index (χ2n) is 6.67. The molecule has 1 aliphatic rings. The number of hydrogen-bond donors (Lipinski definition) is 1. The van der Waals surface area contributed by atoms with E-state index >= 15 is 0 Å². The fourth-order valence-corrected chi connectivity index (χ4v) is 4.35. The predicted octanol–water partition coefficient (Wildman–Crippen LogP) is 4.07. The summed E-state index contributed by atoms with van der Waals surface area (Å²) in [5.74, 6) is 0.276. The van der Waals surface area contributed by atoms with Crippen molar-refractivity contribution in [3.05, 3.63) is 57.9 Å². The van der Waals surface area contributed by atoms with E-state index in [2.05, 4.69) is 23.8 Å². The van der Waals surface area contributed by atoms with Gasteiger partial charge in [-0.15, -0.1) is 6.58 Å². The molecule has 6 nitrogen and oxygen atoms in total. The molecule has 0 spiro atoms. The molecule has 1 saturated heterocycles. The summed E-state index contributed by atoms with van der Waals surface area (Å²) in [5.41, 5.74) is 0.627. The second-order valence-corrected chi connectivity index (χ2v) is 8.35. The molecule has 0 radical (unpaired) electrons. The van der Waals surface area contributed by atoms with Crippen molar-refractivity contribution < 1.29 is 4.79 Å². The Hall–Kier alpha value is -2.45. The molecule has 1 fully saturated rings. The topological polar surface area (TPSA) is 66.7 Å². The number of nitrogens with one attached hydrogen (secondary N) is 1. The lowest BCUT2D eigenvalue weighted by Crippen LogP contribution is -2.29. The van der Waals surface area contributed by atoms with Gasteiger partial charge in [-0.25, -0.2) is 4.98 Å². The van der Waals surface area contributed by atoms with E-state index in [4.69, 9.17) is 12.2 Å². The highest BCUT2D eigenvalue weighted by molar-refractivity contribution is 8.26. The number of carbonyl (C=O) groups is 1. The number of amides is 1. The molecule has 2 aromatic rings. The number of aromatic nitrogens is 2.